The molecule has 0 amide bonds. The number of hydrogen-bond acceptors (Lipinski definition) is 3. The van der Waals surface area contributed by atoms with Gasteiger partial charge in [-0.25, -0.2) is 4.79 Å². The number of rotatable bonds is 2. The van der Waals surface area contributed by atoms with Crippen molar-refractivity contribution in [3.63, 3.8) is 0 Å². The minimum atomic E-state index is -0.400. The van der Waals surface area contributed by atoms with Gasteiger partial charge in [-0.2, -0.15) is 5.26 Å². The number of nitrogens with zero attached hydrogens (tertiary/aromatic N) is 1. The molecule has 0 bridgehead atoms. The van der Waals surface area contributed by atoms with Gasteiger partial charge in [0.25, 0.3) is 0 Å². The monoisotopic (exact) mass is 237 g/mol. The van der Waals surface area contributed by atoms with Gasteiger partial charge < -0.3 is 4.74 Å². The first-order chi connectivity index (χ1) is 8.69. The van der Waals surface area contributed by atoms with E-state index in [-0.39, 0.29) is 0 Å². The van der Waals surface area contributed by atoms with Crippen molar-refractivity contribution in [1.29, 1.82) is 5.26 Å². The molecule has 2 aromatic rings. The molecule has 0 aromatic heterocycles. The van der Waals surface area contributed by atoms with Gasteiger partial charge in [0, 0.05) is 0 Å². The molecule has 18 heavy (non-hydrogen) atoms. The van der Waals surface area contributed by atoms with E-state index in [0.717, 1.165) is 5.56 Å². The van der Waals surface area contributed by atoms with E-state index in [1.807, 2.05) is 25.1 Å². The molecule has 0 unspecified atom stereocenters. The van der Waals surface area contributed by atoms with Crippen molar-refractivity contribution in [3.05, 3.63) is 65.2 Å². The molecule has 0 saturated carbocycles. The Balaban J connectivity index is 2.14. The number of hydrogen-bond donors (Lipinski definition) is 0. The first kappa shape index (κ1) is 11.9. The number of aryl methyl sites for hydroxylation is 1. The molecule has 0 N–H and O–H groups in total. The zero-order valence-corrected chi connectivity index (χ0v) is 9.88. The van der Waals surface area contributed by atoms with E-state index in [2.05, 4.69) is 0 Å². The summed E-state index contributed by atoms with van der Waals surface area (Å²) >= 11 is 0. The predicted octanol–water partition coefficient (Wildman–Crippen LogP) is 3.09. The highest BCUT2D eigenvalue weighted by molar-refractivity contribution is 5.91. The summed E-state index contributed by atoms with van der Waals surface area (Å²) in [5, 5.41) is 8.66. The Bertz CT molecular complexity index is 609. The van der Waals surface area contributed by atoms with Crippen molar-refractivity contribution in [2.75, 3.05) is 0 Å². The summed E-state index contributed by atoms with van der Waals surface area (Å²) in [5.41, 5.74) is 2.05. The highest BCUT2D eigenvalue weighted by Crippen LogP contribution is 2.14. The molecule has 0 aliphatic rings. The van der Waals surface area contributed by atoms with Gasteiger partial charge in [-0.1, -0.05) is 17.7 Å². The third-order valence-electron chi connectivity index (χ3n) is 2.45. The number of benzene rings is 2. The summed E-state index contributed by atoms with van der Waals surface area (Å²) in [6, 6.07) is 15.6. The lowest BCUT2D eigenvalue weighted by Gasteiger charge is -2.04. The van der Waals surface area contributed by atoms with Crippen LogP contribution in [0.2, 0.25) is 0 Å². The van der Waals surface area contributed by atoms with Gasteiger partial charge in [0.05, 0.1) is 17.2 Å². The fraction of sp³-hybridized carbons (Fsp3) is 0.0667. The van der Waals surface area contributed by atoms with Crippen molar-refractivity contribution < 1.29 is 9.53 Å². The van der Waals surface area contributed by atoms with E-state index in [0.29, 0.717) is 16.9 Å². The number of nitriles is 1. The van der Waals surface area contributed by atoms with Crippen LogP contribution in [0.15, 0.2) is 48.5 Å². The zero-order valence-electron chi connectivity index (χ0n) is 9.88. The Morgan fingerprint density at radius 3 is 2.50 bits per heavy atom. The van der Waals surface area contributed by atoms with Crippen LogP contribution in [0.25, 0.3) is 0 Å². The number of carbonyl (C=O) groups excluding carboxylic acids is 1. The van der Waals surface area contributed by atoms with Crippen molar-refractivity contribution in [2.24, 2.45) is 0 Å². The molecule has 3 heteroatoms. The first-order valence-electron chi connectivity index (χ1n) is 5.48. The minimum absolute atomic E-state index is 0.400. The highest BCUT2D eigenvalue weighted by atomic mass is 16.5. The van der Waals surface area contributed by atoms with Crippen molar-refractivity contribution >= 4 is 5.97 Å². The predicted molar refractivity (Wildman–Crippen MR) is 67.3 cm³/mol. The molecule has 3 nitrogen and oxygen atoms in total. The summed E-state index contributed by atoms with van der Waals surface area (Å²) in [7, 11) is 0. The van der Waals surface area contributed by atoms with E-state index < -0.39 is 5.97 Å². The molecular weight excluding hydrogens is 226 g/mol. The molecule has 0 fully saturated rings. The van der Waals surface area contributed by atoms with Crippen LogP contribution in [0.4, 0.5) is 0 Å². The third kappa shape index (κ3) is 2.74. The van der Waals surface area contributed by atoms with Crippen LogP contribution in [-0.4, -0.2) is 5.97 Å². The molecule has 0 atom stereocenters. The summed E-state index contributed by atoms with van der Waals surface area (Å²) in [5.74, 6) is 0.0314. The van der Waals surface area contributed by atoms with Gasteiger partial charge >= 0.3 is 5.97 Å². The SMILES string of the molecule is Cc1cccc(C(=O)Oc2ccc(C#N)cc2)c1. The van der Waals surface area contributed by atoms with Gasteiger partial charge in [0.15, 0.2) is 0 Å². The van der Waals surface area contributed by atoms with Gasteiger partial charge in [-0.15, -0.1) is 0 Å². The van der Waals surface area contributed by atoms with E-state index in [1.54, 1.807) is 36.4 Å². The Morgan fingerprint density at radius 1 is 1.17 bits per heavy atom. The zero-order chi connectivity index (χ0) is 13.0. The van der Waals surface area contributed by atoms with Crippen LogP contribution in [0.5, 0.6) is 5.75 Å². The molecular formula is C15H11NO2. The molecule has 2 aromatic carbocycles. The second kappa shape index (κ2) is 5.15. The standard InChI is InChI=1S/C15H11NO2/c1-11-3-2-4-13(9-11)15(17)18-14-7-5-12(10-16)6-8-14/h2-9H,1H3. The second-order valence-corrected chi connectivity index (χ2v) is 3.90. The summed E-state index contributed by atoms with van der Waals surface area (Å²) in [4.78, 5) is 11.8. The number of carbonyl (C=O) groups is 1. The van der Waals surface area contributed by atoms with E-state index in [1.165, 1.54) is 0 Å². The largest absolute Gasteiger partial charge is 0.423 e. The summed E-state index contributed by atoms with van der Waals surface area (Å²) in [6.07, 6.45) is 0. The van der Waals surface area contributed by atoms with Crippen LogP contribution < -0.4 is 4.74 Å². The van der Waals surface area contributed by atoms with E-state index >= 15 is 0 Å². The average Bonchev–Trinajstić information content (AvgIpc) is 2.39. The van der Waals surface area contributed by atoms with Crippen molar-refractivity contribution in [2.45, 2.75) is 6.92 Å². The molecule has 0 radical (unpaired) electrons. The maximum Gasteiger partial charge on any atom is 0.343 e. The Labute approximate surface area is 105 Å². The minimum Gasteiger partial charge on any atom is -0.423 e. The Hall–Kier alpha value is -2.60. The van der Waals surface area contributed by atoms with E-state index in [4.69, 9.17) is 10.00 Å². The van der Waals surface area contributed by atoms with Crippen LogP contribution in [0.1, 0.15) is 21.5 Å². The lowest BCUT2D eigenvalue weighted by atomic mass is 10.1. The van der Waals surface area contributed by atoms with Crippen LogP contribution in [0, 0.1) is 18.3 Å². The normalized spacial score (nSPS) is 9.56. The highest BCUT2D eigenvalue weighted by Gasteiger charge is 2.08. The van der Waals surface area contributed by atoms with E-state index in [9.17, 15) is 4.79 Å². The lowest BCUT2D eigenvalue weighted by molar-refractivity contribution is 0.0734. The molecule has 0 saturated heterocycles. The fourth-order valence-electron chi connectivity index (χ4n) is 1.54. The number of esters is 1. The molecule has 0 aliphatic heterocycles. The molecule has 0 spiro atoms. The Kier molecular flexibility index (Phi) is 3.40. The van der Waals surface area contributed by atoms with Gasteiger partial charge in [-0.3, -0.25) is 0 Å². The van der Waals surface area contributed by atoms with Crippen molar-refractivity contribution in [1.82, 2.24) is 0 Å². The topological polar surface area (TPSA) is 50.1 Å². The first-order valence-corrected chi connectivity index (χ1v) is 5.48. The maximum absolute atomic E-state index is 11.8. The van der Waals surface area contributed by atoms with Gasteiger partial charge in [-0.05, 0) is 43.3 Å². The molecule has 0 heterocycles. The van der Waals surface area contributed by atoms with Crippen LogP contribution in [-0.2, 0) is 0 Å². The summed E-state index contributed by atoms with van der Waals surface area (Å²) in [6.45, 7) is 1.92. The van der Waals surface area contributed by atoms with Gasteiger partial charge in [0.2, 0.25) is 0 Å². The molecule has 2 rings (SSSR count). The average molecular weight is 237 g/mol. The number of ether oxygens (including phenoxy) is 1. The van der Waals surface area contributed by atoms with Crippen LogP contribution >= 0.6 is 0 Å². The van der Waals surface area contributed by atoms with Crippen LogP contribution in [0.3, 0.4) is 0 Å². The Morgan fingerprint density at radius 2 is 1.89 bits per heavy atom. The second-order valence-electron chi connectivity index (χ2n) is 3.90. The molecule has 88 valence electrons. The quantitative estimate of drug-likeness (QED) is 0.595. The summed E-state index contributed by atoms with van der Waals surface area (Å²) < 4.78 is 5.21. The fourth-order valence-corrected chi connectivity index (χ4v) is 1.54. The van der Waals surface area contributed by atoms with Gasteiger partial charge in [0.1, 0.15) is 5.75 Å². The molecule has 0 aliphatic carbocycles. The van der Waals surface area contributed by atoms with Crippen molar-refractivity contribution in [3.8, 4) is 11.8 Å². The smallest absolute Gasteiger partial charge is 0.343 e. The lowest BCUT2D eigenvalue weighted by Crippen LogP contribution is -2.08. The maximum atomic E-state index is 11.8. The third-order valence-corrected chi connectivity index (χ3v) is 2.45.